The number of benzene rings is 1. The number of rotatable bonds is 5. The summed E-state index contributed by atoms with van der Waals surface area (Å²) in [6.07, 6.45) is 2.01. The van der Waals surface area contributed by atoms with E-state index in [0.717, 1.165) is 10.9 Å². The Morgan fingerprint density at radius 3 is 2.86 bits per heavy atom. The summed E-state index contributed by atoms with van der Waals surface area (Å²) in [6, 6.07) is 9.28. The van der Waals surface area contributed by atoms with E-state index in [0.29, 0.717) is 18.5 Å². The quantitative estimate of drug-likeness (QED) is 0.888. The predicted octanol–water partition coefficient (Wildman–Crippen LogP) is 2.76. The van der Waals surface area contributed by atoms with Gasteiger partial charge in [0.05, 0.1) is 11.6 Å². The Labute approximate surface area is 125 Å². The van der Waals surface area contributed by atoms with E-state index >= 15 is 0 Å². The number of aliphatic hydroxyl groups excluding tert-OH is 1. The lowest BCUT2D eigenvalue weighted by atomic mass is 9.87. The van der Waals surface area contributed by atoms with Crippen LogP contribution in [0.1, 0.15) is 37.6 Å². The van der Waals surface area contributed by atoms with E-state index in [9.17, 15) is 9.90 Å². The van der Waals surface area contributed by atoms with E-state index in [1.165, 1.54) is 0 Å². The highest BCUT2D eigenvalue weighted by Gasteiger charge is 2.21. The lowest BCUT2D eigenvalue weighted by Gasteiger charge is -2.26. The second-order valence-electron chi connectivity index (χ2n) is 6.31. The average molecular weight is 286 g/mol. The summed E-state index contributed by atoms with van der Waals surface area (Å²) in [4.78, 5) is 16.5. The molecule has 0 spiro atoms. The van der Waals surface area contributed by atoms with Gasteiger partial charge in [-0.05, 0) is 43.0 Å². The summed E-state index contributed by atoms with van der Waals surface area (Å²) in [5.41, 5.74) is 1.37. The molecule has 0 aliphatic heterocycles. The van der Waals surface area contributed by atoms with Crippen LogP contribution in [0.3, 0.4) is 0 Å². The number of pyridine rings is 1. The Bertz CT molecular complexity index is 635. The molecule has 0 aliphatic carbocycles. The molecule has 0 fully saturated rings. The number of fused-ring (bicyclic) bond motifs is 1. The highest BCUT2D eigenvalue weighted by Crippen LogP contribution is 2.21. The molecule has 2 N–H and O–H groups in total. The van der Waals surface area contributed by atoms with Gasteiger partial charge in [0.25, 0.3) is 5.91 Å². The zero-order valence-electron chi connectivity index (χ0n) is 12.8. The number of aliphatic hydroxyl groups is 1. The van der Waals surface area contributed by atoms with E-state index in [1.807, 2.05) is 38.1 Å². The molecule has 0 aliphatic rings. The number of amides is 1. The lowest BCUT2D eigenvalue weighted by molar-refractivity contribution is 0.0902. The number of aromatic nitrogens is 1. The van der Waals surface area contributed by atoms with Crippen molar-refractivity contribution in [2.45, 2.75) is 33.3 Å². The number of carbonyl (C=O) groups excluding carboxylic acids is 1. The maximum absolute atomic E-state index is 12.2. The Balaban J connectivity index is 2.05. The maximum atomic E-state index is 12.2. The Morgan fingerprint density at radius 1 is 1.38 bits per heavy atom. The van der Waals surface area contributed by atoms with Crippen molar-refractivity contribution in [3.63, 3.8) is 0 Å². The van der Waals surface area contributed by atoms with Crippen LogP contribution >= 0.6 is 0 Å². The third kappa shape index (κ3) is 4.26. The number of hydrogen-bond donors (Lipinski definition) is 2. The van der Waals surface area contributed by atoms with Crippen LogP contribution in [0.25, 0.3) is 10.9 Å². The molecule has 0 bridgehead atoms. The Hall–Kier alpha value is -1.94. The fourth-order valence-corrected chi connectivity index (χ4v) is 2.51. The fraction of sp³-hybridized carbons (Fsp3) is 0.412. The Kier molecular flexibility index (Phi) is 4.58. The summed E-state index contributed by atoms with van der Waals surface area (Å²) >= 11 is 0. The second kappa shape index (κ2) is 6.22. The monoisotopic (exact) mass is 286 g/mol. The van der Waals surface area contributed by atoms with Crippen LogP contribution in [0.4, 0.5) is 0 Å². The van der Waals surface area contributed by atoms with Crippen molar-refractivity contribution in [2.24, 2.45) is 5.41 Å². The molecule has 1 aromatic heterocycles. The van der Waals surface area contributed by atoms with Crippen molar-refractivity contribution in [2.75, 3.05) is 6.54 Å². The van der Waals surface area contributed by atoms with Crippen LogP contribution in [0.2, 0.25) is 0 Å². The molecule has 1 unspecified atom stereocenters. The van der Waals surface area contributed by atoms with Gasteiger partial charge in [-0.2, -0.15) is 0 Å². The van der Waals surface area contributed by atoms with Crippen LogP contribution in [-0.4, -0.2) is 28.6 Å². The first-order chi connectivity index (χ1) is 9.87. The van der Waals surface area contributed by atoms with Gasteiger partial charge in [-0.1, -0.05) is 19.9 Å². The minimum absolute atomic E-state index is 0.0978. The van der Waals surface area contributed by atoms with Crippen molar-refractivity contribution in [1.82, 2.24) is 10.3 Å². The Morgan fingerprint density at radius 2 is 2.14 bits per heavy atom. The van der Waals surface area contributed by atoms with E-state index in [2.05, 4.69) is 10.3 Å². The van der Waals surface area contributed by atoms with Gasteiger partial charge < -0.3 is 10.4 Å². The number of nitrogens with zero attached hydrogens (tertiary/aromatic N) is 1. The molecular formula is C17H22N2O2. The van der Waals surface area contributed by atoms with Gasteiger partial charge in [0, 0.05) is 23.7 Å². The molecule has 4 nitrogen and oxygen atoms in total. The van der Waals surface area contributed by atoms with Gasteiger partial charge in [0.2, 0.25) is 0 Å². The molecule has 21 heavy (non-hydrogen) atoms. The molecule has 1 amide bonds. The first-order valence-electron chi connectivity index (χ1n) is 7.18. The fourth-order valence-electron chi connectivity index (χ4n) is 2.51. The first-order valence-corrected chi connectivity index (χ1v) is 7.18. The normalized spacial score (nSPS) is 13.1. The summed E-state index contributed by atoms with van der Waals surface area (Å²) in [6.45, 7) is 6.36. The smallest absolute Gasteiger partial charge is 0.251 e. The van der Waals surface area contributed by atoms with Gasteiger partial charge in [-0.25, -0.2) is 0 Å². The van der Waals surface area contributed by atoms with E-state index in [1.54, 1.807) is 19.2 Å². The summed E-state index contributed by atoms with van der Waals surface area (Å²) in [5, 5.41) is 13.4. The van der Waals surface area contributed by atoms with Gasteiger partial charge >= 0.3 is 0 Å². The minimum atomic E-state index is -0.372. The van der Waals surface area contributed by atoms with Crippen LogP contribution in [0.5, 0.6) is 0 Å². The van der Waals surface area contributed by atoms with Gasteiger partial charge in [-0.3, -0.25) is 9.78 Å². The van der Waals surface area contributed by atoms with E-state index in [-0.39, 0.29) is 17.4 Å². The van der Waals surface area contributed by atoms with Crippen molar-refractivity contribution in [3.05, 3.63) is 42.1 Å². The maximum Gasteiger partial charge on any atom is 0.251 e. The van der Waals surface area contributed by atoms with Crippen LogP contribution in [0, 0.1) is 5.41 Å². The van der Waals surface area contributed by atoms with E-state index < -0.39 is 0 Å². The van der Waals surface area contributed by atoms with Gasteiger partial charge in [-0.15, -0.1) is 0 Å². The van der Waals surface area contributed by atoms with Crippen LogP contribution in [-0.2, 0) is 0 Å². The van der Waals surface area contributed by atoms with Gasteiger partial charge in [0.1, 0.15) is 0 Å². The SMILES string of the molecule is CC(O)CC(C)(C)CNC(=O)c1ccc2ncccc2c1. The standard InChI is InChI=1S/C17H22N2O2/c1-12(20)10-17(2,3)11-19-16(21)14-6-7-15-13(9-14)5-4-8-18-15/h4-9,12,20H,10-11H2,1-3H3,(H,19,21). The minimum Gasteiger partial charge on any atom is -0.393 e. The number of carbonyl (C=O) groups is 1. The van der Waals surface area contributed by atoms with E-state index in [4.69, 9.17) is 0 Å². The number of hydrogen-bond acceptors (Lipinski definition) is 3. The molecule has 2 aromatic rings. The first kappa shape index (κ1) is 15.4. The molecule has 1 aromatic carbocycles. The lowest BCUT2D eigenvalue weighted by Crippen LogP contribution is -2.35. The third-order valence-electron chi connectivity index (χ3n) is 3.44. The molecule has 0 saturated carbocycles. The summed E-state index contributed by atoms with van der Waals surface area (Å²) < 4.78 is 0. The molecule has 2 rings (SSSR count). The van der Waals surface area contributed by atoms with Crippen molar-refractivity contribution < 1.29 is 9.90 Å². The zero-order chi connectivity index (χ0) is 15.5. The van der Waals surface area contributed by atoms with Crippen molar-refractivity contribution in [1.29, 1.82) is 0 Å². The molecule has 0 saturated heterocycles. The molecule has 112 valence electrons. The van der Waals surface area contributed by atoms with Crippen molar-refractivity contribution >= 4 is 16.8 Å². The van der Waals surface area contributed by atoms with Gasteiger partial charge in [0.15, 0.2) is 0 Å². The van der Waals surface area contributed by atoms with Crippen LogP contribution < -0.4 is 5.32 Å². The van der Waals surface area contributed by atoms with Crippen molar-refractivity contribution in [3.8, 4) is 0 Å². The summed E-state index contributed by atoms with van der Waals surface area (Å²) in [5.74, 6) is -0.0978. The third-order valence-corrected chi connectivity index (χ3v) is 3.44. The highest BCUT2D eigenvalue weighted by atomic mass is 16.3. The average Bonchev–Trinajstić information content (AvgIpc) is 2.43. The predicted molar refractivity (Wildman–Crippen MR) is 84.2 cm³/mol. The summed E-state index contributed by atoms with van der Waals surface area (Å²) in [7, 11) is 0. The topological polar surface area (TPSA) is 62.2 Å². The number of nitrogens with one attached hydrogen (secondary N) is 1. The largest absolute Gasteiger partial charge is 0.393 e. The molecule has 4 heteroatoms. The molecule has 0 radical (unpaired) electrons. The molecule has 1 atom stereocenters. The molecular weight excluding hydrogens is 264 g/mol. The van der Waals surface area contributed by atoms with Crippen LogP contribution in [0.15, 0.2) is 36.5 Å². The zero-order valence-corrected chi connectivity index (χ0v) is 12.8. The second-order valence-corrected chi connectivity index (χ2v) is 6.31. The highest BCUT2D eigenvalue weighted by molar-refractivity contribution is 5.97. The molecule has 1 heterocycles.